The van der Waals surface area contributed by atoms with Gasteiger partial charge in [0.25, 0.3) is 5.69 Å². The number of rotatable bonds is 10. The number of halogens is 1. The predicted octanol–water partition coefficient (Wildman–Crippen LogP) is 8.26. The van der Waals surface area contributed by atoms with Crippen molar-refractivity contribution in [3.8, 4) is 0 Å². The van der Waals surface area contributed by atoms with Crippen LogP contribution in [0, 0.1) is 10.1 Å². The molecule has 33 heavy (non-hydrogen) atoms. The van der Waals surface area contributed by atoms with Gasteiger partial charge in [0.05, 0.1) is 17.1 Å². The number of hydrogen-bond donors (Lipinski definition) is 0. The van der Waals surface area contributed by atoms with Gasteiger partial charge in [0.15, 0.2) is 0 Å². The lowest BCUT2D eigenvalue weighted by atomic mass is 10.1. The fraction of sp³-hybridized carbons (Fsp3) is 0.357. The smallest absolute Gasteiger partial charge is 0.271 e. The highest BCUT2D eigenvalue weighted by Crippen LogP contribution is 2.27. The van der Waals surface area contributed by atoms with E-state index in [4.69, 9.17) is 0 Å². The Kier molecular flexibility index (Phi) is 9.43. The minimum atomic E-state index is -0.351. The summed E-state index contributed by atoms with van der Waals surface area (Å²) in [6.45, 7) is 2.68. The molecule has 0 saturated heterocycles. The van der Waals surface area contributed by atoms with Gasteiger partial charge in [0.1, 0.15) is 0 Å². The normalized spacial score (nSPS) is 10.8. The molecular weight excluding hydrogens is 415 g/mol. The summed E-state index contributed by atoms with van der Waals surface area (Å²) in [7, 11) is 0. The second-order valence-corrected chi connectivity index (χ2v) is 8.36. The first-order chi connectivity index (χ1) is 16.1. The average Bonchev–Trinajstić information content (AvgIpc) is 3.19. The summed E-state index contributed by atoms with van der Waals surface area (Å²) in [4.78, 5) is 10.7. The third-order valence-corrected chi connectivity index (χ3v) is 5.90. The lowest BCUT2D eigenvalue weighted by Gasteiger charge is -2.04. The summed E-state index contributed by atoms with van der Waals surface area (Å²) >= 11 is 0. The fourth-order valence-corrected chi connectivity index (χ4v) is 4.11. The van der Waals surface area contributed by atoms with E-state index in [2.05, 4.69) is 66.2 Å². The van der Waals surface area contributed by atoms with Crippen LogP contribution in [0.5, 0.6) is 0 Å². The molecule has 0 aliphatic heterocycles. The molecule has 1 heterocycles. The van der Waals surface area contributed by atoms with Crippen molar-refractivity contribution >= 4 is 27.4 Å². The van der Waals surface area contributed by atoms with E-state index in [0.29, 0.717) is 6.42 Å². The molecule has 0 spiro atoms. The second kappa shape index (κ2) is 12.7. The lowest BCUT2D eigenvalue weighted by molar-refractivity contribution is -0.384. The summed E-state index contributed by atoms with van der Waals surface area (Å²) in [6, 6.07) is 21.8. The number of fused-ring (bicyclic) bond motifs is 2. The second-order valence-electron chi connectivity index (χ2n) is 8.36. The van der Waals surface area contributed by atoms with Gasteiger partial charge in [-0.05, 0) is 54.5 Å². The molecule has 0 aliphatic carbocycles. The van der Waals surface area contributed by atoms with Crippen molar-refractivity contribution in [2.24, 2.45) is 0 Å². The van der Waals surface area contributed by atoms with E-state index >= 15 is 0 Å². The predicted molar refractivity (Wildman–Crippen MR) is 136 cm³/mol. The van der Waals surface area contributed by atoms with Crippen LogP contribution in [0.25, 0.3) is 21.7 Å². The zero-order valence-electron chi connectivity index (χ0n) is 19.4. The molecule has 174 valence electrons. The van der Waals surface area contributed by atoms with E-state index in [0.717, 1.165) is 43.1 Å². The van der Waals surface area contributed by atoms with Gasteiger partial charge in [0.2, 0.25) is 0 Å². The molecular formula is C28H33FN2O2. The quantitative estimate of drug-likeness (QED) is 0.139. The van der Waals surface area contributed by atoms with E-state index in [1.165, 1.54) is 29.2 Å². The first kappa shape index (κ1) is 24.4. The summed E-state index contributed by atoms with van der Waals surface area (Å²) in [6.07, 6.45) is 8.95. The van der Waals surface area contributed by atoms with Crippen LogP contribution >= 0.6 is 0 Å². The number of unbranched alkanes of at least 4 members (excludes halogenated alkanes) is 4. The van der Waals surface area contributed by atoms with Gasteiger partial charge in [-0.3, -0.25) is 14.5 Å². The average molecular weight is 449 g/mol. The Hall–Kier alpha value is -3.21. The molecule has 4 rings (SSSR count). The standard InChI is InChI=1S/C18H25FN2O2.C10H8/c1-2-3-5-8-15-14-20(12-7-4-6-11-19)18-13-16(21(22)23)9-10-17(15)18;1-2-6-10-8-4-3-7-9(10)5-1/h9-10,13-14H,2-8,11-12H2,1H3;1-8H. The molecule has 0 atom stereocenters. The minimum absolute atomic E-state index is 0.126. The first-order valence-electron chi connectivity index (χ1n) is 11.9. The van der Waals surface area contributed by atoms with Crippen molar-refractivity contribution in [2.45, 2.75) is 58.4 Å². The van der Waals surface area contributed by atoms with Crippen LogP contribution in [-0.2, 0) is 13.0 Å². The van der Waals surface area contributed by atoms with Gasteiger partial charge in [-0.15, -0.1) is 0 Å². The Labute approximate surface area is 195 Å². The molecule has 0 saturated carbocycles. The van der Waals surface area contributed by atoms with E-state index in [-0.39, 0.29) is 17.3 Å². The zero-order chi connectivity index (χ0) is 23.5. The molecule has 0 amide bonds. The number of nitrogens with zero attached hydrogens (tertiary/aromatic N) is 2. The zero-order valence-corrected chi connectivity index (χ0v) is 19.4. The van der Waals surface area contributed by atoms with Crippen LogP contribution in [0.15, 0.2) is 72.9 Å². The number of alkyl halides is 1. The highest BCUT2D eigenvalue weighted by atomic mass is 19.1. The van der Waals surface area contributed by atoms with Gasteiger partial charge < -0.3 is 4.57 Å². The van der Waals surface area contributed by atoms with Crippen LogP contribution in [0.1, 0.15) is 51.0 Å². The number of hydrogen-bond acceptors (Lipinski definition) is 2. The van der Waals surface area contributed by atoms with Crippen LogP contribution in [-0.4, -0.2) is 16.2 Å². The molecule has 0 unspecified atom stereocenters. The molecule has 0 bridgehead atoms. The van der Waals surface area contributed by atoms with Crippen molar-refractivity contribution in [1.82, 2.24) is 4.57 Å². The van der Waals surface area contributed by atoms with Crippen molar-refractivity contribution in [1.29, 1.82) is 0 Å². The summed E-state index contributed by atoms with van der Waals surface area (Å²) < 4.78 is 14.3. The number of aryl methyl sites for hydroxylation is 2. The Morgan fingerprint density at radius 2 is 1.55 bits per heavy atom. The SMILES string of the molecule is CCCCCc1cn(CCCCCF)c2cc([N+](=O)[O-])ccc12.c1ccc2ccccc2c1. The highest BCUT2D eigenvalue weighted by Gasteiger charge is 2.13. The van der Waals surface area contributed by atoms with Gasteiger partial charge in [-0.25, -0.2) is 0 Å². The summed E-state index contributed by atoms with van der Waals surface area (Å²) in [5, 5.41) is 14.8. The molecule has 4 aromatic rings. The number of benzene rings is 3. The molecule has 1 aromatic heterocycles. The number of nitro groups is 1. The highest BCUT2D eigenvalue weighted by molar-refractivity contribution is 5.86. The molecule has 0 aliphatic rings. The van der Waals surface area contributed by atoms with Gasteiger partial charge >= 0.3 is 0 Å². The number of non-ortho nitro benzene ring substituents is 1. The molecule has 5 heteroatoms. The molecule has 4 nitrogen and oxygen atoms in total. The van der Waals surface area contributed by atoms with Crippen molar-refractivity contribution < 1.29 is 9.31 Å². The topological polar surface area (TPSA) is 48.1 Å². The molecule has 0 fully saturated rings. The number of aromatic nitrogens is 1. The van der Waals surface area contributed by atoms with Crippen molar-refractivity contribution in [2.75, 3.05) is 6.67 Å². The summed E-state index contributed by atoms with van der Waals surface area (Å²) in [5.41, 5.74) is 2.31. The maximum absolute atomic E-state index is 12.2. The van der Waals surface area contributed by atoms with Crippen LogP contribution in [0.2, 0.25) is 0 Å². The number of nitro benzene ring substituents is 1. The first-order valence-corrected chi connectivity index (χ1v) is 11.9. The van der Waals surface area contributed by atoms with E-state index in [1.807, 2.05) is 6.07 Å². The van der Waals surface area contributed by atoms with E-state index < -0.39 is 0 Å². The Morgan fingerprint density at radius 1 is 0.879 bits per heavy atom. The van der Waals surface area contributed by atoms with E-state index in [9.17, 15) is 14.5 Å². The van der Waals surface area contributed by atoms with Crippen molar-refractivity contribution in [3.05, 3.63) is 88.6 Å². The van der Waals surface area contributed by atoms with E-state index in [1.54, 1.807) is 12.1 Å². The Bertz CT molecular complexity index is 1100. The molecule has 0 radical (unpaired) electrons. The Morgan fingerprint density at radius 3 is 2.12 bits per heavy atom. The largest absolute Gasteiger partial charge is 0.347 e. The monoisotopic (exact) mass is 448 g/mol. The third-order valence-electron chi connectivity index (χ3n) is 5.90. The van der Waals surface area contributed by atoms with Crippen molar-refractivity contribution in [3.63, 3.8) is 0 Å². The molecule has 3 aromatic carbocycles. The lowest BCUT2D eigenvalue weighted by Crippen LogP contribution is -1.97. The van der Waals surface area contributed by atoms with Crippen LogP contribution in [0.4, 0.5) is 10.1 Å². The van der Waals surface area contributed by atoms with Crippen LogP contribution < -0.4 is 0 Å². The summed E-state index contributed by atoms with van der Waals surface area (Å²) in [5.74, 6) is 0. The third kappa shape index (κ3) is 6.88. The maximum Gasteiger partial charge on any atom is 0.271 e. The Balaban J connectivity index is 0.000000252. The van der Waals surface area contributed by atoms with Crippen LogP contribution in [0.3, 0.4) is 0 Å². The molecule has 0 N–H and O–H groups in total. The minimum Gasteiger partial charge on any atom is -0.347 e. The fourth-order valence-electron chi connectivity index (χ4n) is 4.11. The van der Waals surface area contributed by atoms with Gasteiger partial charge in [-0.1, -0.05) is 68.3 Å². The maximum atomic E-state index is 12.2. The van der Waals surface area contributed by atoms with Gasteiger partial charge in [-0.2, -0.15) is 0 Å². The van der Waals surface area contributed by atoms with Gasteiger partial charge in [0, 0.05) is 30.3 Å².